The van der Waals surface area contributed by atoms with Crippen molar-refractivity contribution in [3.05, 3.63) is 27.2 Å². The highest BCUT2D eigenvalue weighted by Crippen LogP contribution is 2.48. The first-order chi connectivity index (χ1) is 13.3. The van der Waals surface area contributed by atoms with Gasteiger partial charge in [-0.1, -0.05) is 0 Å². The molecule has 0 amide bonds. The SMILES string of the molecule is Cn1cnc2c1c(=O)n(CC1CCCC(O[Si](C)(C)C)(C(F)(F)F)C1)c(=O)n2C. The Kier molecular flexibility index (Phi) is 5.35. The number of alkyl halides is 3. The van der Waals surface area contributed by atoms with Crippen molar-refractivity contribution in [3.63, 3.8) is 0 Å². The zero-order chi connectivity index (χ0) is 21.8. The van der Waals surface area contributed by atoms with Crippen LogP contribution in [0.2, 0.25) is 19.6 Å². The molecule has 0 spiro atoms. The number of rotatable bonds is 4. The number of aryl methyl sites for hydroxylation is 2. The molecular weight excluding hydrogens is 405 g/mol. The fraction of sp³-hybridized carbons (Fsp3) is 0.722. The Morgan fingerprint density at radius 1 is 1.28 bits per heavy atom. The van der Waals surface area contributed by atoms with E-state index in [2.05, 4.69) is 4.98 Å². The highest BCUT2D eigenvalue weighted by molar-refractivity contribution is 6.69. The Hall–Kier alpha value is -1.88. The molecule has 2 aromatic rings. The number of imidazole rings is 1. The average molecular weight is 433 g/mol. The van der Waals surface area contributed by atoms with Crippen LogP contribution in [0.1, 0.15) is 25.7 Å². The Morgan fingerprint density at radius 2 is 1.93 bits per heavy atom. The number of hydrogen-bond donors (Lipinski definition) is 0. The van der Waals surface area contributed by atoms with Crippen LogP contribution in [-0.2, 0) is 25.1 Å². The third-order valence-corrected chi connectivity index (χ3v) is 6.47. The van der Waals surface area contributed by atoms with E-state index in [1.807, 2.05) is 0 Å². The fourth-order valence-electron chi connectivity index (χ4n) is 4.31. The van der Waals surface area contributed by atoms with Crippen molar-refractivity contribution in [1.29, 1.82) is 0 Å². The lowest BCUT2D eigenvalue weighted by Crippen LogP contribution is -2.56. The summed E-state index contributed by atoms with van der Waals surface area (Å²) >= 11 is 0. The summed E-state index contributed by atoms with van der Waals surface area (Å²) in [6.07, 6.45) is -2.57. The molecule has 1 aliphatic carbocycles. The van der Waals surface area contributed by atoms with Crippen molar-refractivity contribution in [2.75, 3.05) is 0 Å². The molecule has 0 aliphatic heterocycles. The average Bonchev–Trinajstić information content (AvgIpc) is 2.96. The first kappa shape index (κ1) is 21.8. The number of hydrogen-bond acceptors (Lipinski definition) is 4. The zero-order valence-corrected chi connectivity index (χ0v) is 18.3. The second kappa shape index (κ2) is 7.12. The third kappa shape index (κ3) is 3.94. The lowest BCUT2D eigenvalue weighted by molar-refractivity contribution is -0.266. The molecule has 0 N–H and O–H groups in total. The molecule has 1 aliphatic rings. The number of fused-ring (bicyclic) bond motifs is 1. The highest BCUT2D eigenvalue weighted by Gasteiger charge is 2.58. The van der Waals surface area contributed by atoms with Gasteiger partial charge in [-0.25, -0.2) is 9.78 Å². The molecule has 2 aromatic heterocycles. The largest absolute Gasteiger partial charge is 0.416 e. The summed E-state index contributed by atoms with van der Waals surface area (Å²) in [7, 11) is 0.665. The molecule has 3 rings (SSSR count). The quantitative estimate of drug-likeness (QED) is 0.697. The molecule has 29 heavy (non-hydrogen) atoms. The molecule has 0 bridgehead atoms. The monoisotopic (exact) mass is 432 g/mol. The summed E-state index contributed by atoms with van der Waals surface area (Å²) in [5, 5.41) is 0. The van der Waals surface area contributed by atoms with E-state index in [0.29, 0.717) is 12.8 Å². The van der Waals surface area contributed by atoms with Crippen LogP contribution < -0.4 is 11.2 Å². The minimum Gasteiger partial charge on any atom is -0.404 e. The van der Waals surface area contributed by atoms with Gasteiger partial charge in [0.15, 0.2) is 25.1 Å². The van der Waals surface area contributed by atoms with Gasteiger partial charge in [0.2, 0.25) is 0 Å². The van der Waals surface area contributed by atoms with Crippen molar-refractivity contribution in [2.45, 2.75) is 63.6 Å². The Balaban J connectivity index is 2.00. The van der Waals surface area contributed by atoms with Gasteiger partial charge >= 0.3 is 11.9 Å². The van der Waals surface area contributed by atoms with Gasteiger partial charge in [0.05, 0.1) is 6.33 Å². The number of nitrogens with zero attached hydrogens (tertiary/aromatic N) is 4. The van der Waals surface area contributed by atoms with E-state index in [4.69, 9.17) is 4.43 Å². The van der Waals surface area contributed by atoms with Gasteiger partial charge in [0.25, 0.3) is 5.56 Å². The Morgan fingerprint density at radius 3 is 2.52 bits per heavy atom. The van der Waals surface area contributed by atoms with E-state index in [0.717, 1.165) is 4.57 Å². The number of halogens is 3. The summed E-state index contributed by atoms with van der Waals surface area (Å²) in [6.45, 7) is 5.14. The molecule has 1 saturated carbocycles. The second-order valence-electron chi connectivity index (χ2n) is 8.95. The highest BCUT2D eigenvalue weighted by atomic mass is 28.4. The van der Waals surface area contributed by atoms with Gasteiger partial charge in [-0.3, -0.25) is 13.9 Å². The van der Waals surface area contributed by atoms with E-state index in [1.54, 1.807) is 26.7 Å². The van der Waals surface area contributed by atoms with Gasteiger partial charge in [-0.15, -0.1) is 0 Å². The molecule has 1 fully saturated rings. The third-order valence-electron chi connectivity index (χ3n) is 5.47. The summed E-state index contributed by atoms with van der Waals surface area (Å²) < 4.78 is 51.6. The van der Waals surface area contributed by atoms with Crippen LogP contribution in [0.5, 0.6) is 0 Å². The van der Waals surface area contributed by atoms with Crippen molar-refractivity contribution in [3.8, 4) is 0 Å². The standard InChI is InChI=1S/C18H27F3N4O3Si/c1-23-11-22-14-13(23)15(26)25(16(27)24(14)2)10-12-7-6-8-17(9-12,18(19,20)21)28-29(3,4)5/h11-12H,6-10H2,1-5H3. The normalized spacial score (nSPS) is 23.7. The van der Waals surface area contributed by atoms with Gasteiger partial charge in [-0.05, 0) is 51.2 Å². The molecule has 0 radical (unpaired) electrons. The van der Waals surface area contributed by atoms with Crippen molar-refractivity contribution in [1.82, 2.24) is 18.7 Å². The molecule has 0 saturated heterocycles. The lowest BCUT2D eigenvalue weighted by atomic mass is 9.77. The number of aromatic nitrogens is 4. The van der Waals surface area contributed by atoms with Gasteiger partial charge < -0.3 is 8.99 Å². The van der Waals surface area contributed by atoms with Crippen LogP contribution in [0.3, 0.4) is 0 Å². The van der Waals surface area contributed by atoms with Gasteiger partial charge in [0, 0.05) is 20.6 Å². The van der Waals surface area contributed by atoms with Crippen LogP contribution in [0, 0.1) is 5.92 Å². The van der Waals surface area contributed by atoms with E-state index < -0.39 is 37.3 Å². The van der Waals surface area contributed by atoms with Crippen LogP contribution >= 0.6 is 0 Å². The summed E-state index contributed by atoms with van der Waals surface area (Å²) in [4.78, 5) is 29.7. The maximum absolute atomic E-state index is 14.0. The molecule has 2 heterocycles. The van der Waals surface area contributed by atoms with E-state index >= 15 is 0 Å². The summed E-state index contributed by atoms with van der Waals surface area (Å²) in [6, 6.07) is 0. The van der Waals surface area contributed by atoms with Crippen molar-refractivity contribution in [2.24, 2.45) is 20.0 Å². The van der Waals surface area contributed by atoms with Crippen molar-refractivity contribution >= 4 is 19.5 Å². The van der Waals surface area contributed by atoms with Gasteiger partial charge in [0.1, 0.15) is 0 Å². The first-order valence-corrected chi connectivity index (χ1v) is 13.0. The molecule has 0 aromatic carbocycles. The molecule has 162 valence electrons. The van der Waals surface area contributed by atoms with E-state index in [9.17, 15) is 22.8 Å². The summed E-state index contributed by atoms with van der Waals surface area (Å²) in [5.74, 6) is -0.488. The molecule has 2 unspecified atom stereocenters. The second-order valence-corrected chi connectivity index (χ2v) is 13.4. The van der Waals surface area contributed by atoms with Crippen LogP contribution in [0.25, 0.3) is 11.2 Å². The van der Waals surface area contributed by atoms with Crippen LogP contribution in [-0.4, -0.2) is 38.8 Å². The lowest BCUT2D eigenvalue weighted by Gasteiger charge is -2.45. The van der Waals surface area contributed by atoms with Crippen molar-refractivity contribution < 1.29 is 17.6 Å². The Bertz CT molecular complexity index is 1030. The maximum Gasteiger partial charge on any atom is 0.416 e. The smallest absolute Gasteiger partial charge is 0.404 e. The molecular formula is C18H27F3N4O3Si. The van der Waals surface area contributed by atoms with Crippen LogP contribution in [0.4, 0.5) is 13.2 Å². The predicted octanol–water partition coefficient (Wildman–Crippen LogP) is 2.78. The molecule has 2 atom stereocenters. The fourth-order valence-corrected chi connectivity index (χ4v) is 5.79. The van der Waals surface area contributed by atoms with Crippen LogP contribution in [0.15, 0.2) is 15.9 Å². The zero-order valence-electron chi connectivity index (χ0n) is 17.3. The minimum absolute atomic E-state index is 0.0699. The first-order valence-electron chi connectivity index (χ1n) is 9.63. The molecule has 7 nitrogen and oxygen atoms in total. The predicted molar refractivity (Wildman–Crippen MR) is 105 cm³/mol. The maximum atomic E-state index is 14.0. The topological polar surface area (TPSA) is 71.1 Å². The Labute approximate surface area is 167 Å². The minimum atomic E-state index is -4.51. The van der Waals surface area contributed by atoms with E-state index in [-0.39, 0.29) is 30.6 Å². The molecule has 11 heteroatoms. The van der Waals surface area contributed by atoms with E-state index in [1.165, 1.54) is 22.5 Å². The van der Waals surface area contributed by atoms with Gasteiger partial charge in [-0.2, -0.15) is 13.2 Å². The summed E-state index contributed by atoms with van der Waals surface area (Å²) in [5.41, 5.74) is -2.81.